The molecule has 4 rings (SSSR count). The smallest absolute Gasteiger partial charge is 0.243 e. The standard InChI is InChI=1S/C22H28N4O3S/c1-17-5-6-21(18(2)14-17)30(28,29)26-12-10-24(11-13-26)20-7-9-25(22(20)27)16-19-4-3-8-23-15-19/h3-6,8,14-15,20H,7,9-13,16H2,1-2H3. The molecule has 0 aliphatic carbocycles. The van der Waals surface area contributed by atoms with Crippen LogP contribution in [0, 0.1) is 13.8 Å². The van der Waals surface area contributed by atoms with Gasteiger partial charge in [0.05, 0.1) is 10.9 Å². The molecule has 1 unspecified atom stereocenters. The summed E-state index contributed by atoms with van der Waals surface area (Å²) in [6, 6.07) is 9.13. The topological polar surface area (TPSA) is 73.8 Å². The molecule has 0 spiro atoms. The van der Waals surface area contributed by atoms with Gasteiger partial charge in [0.1, 0.15) is 0 Å². The van der Waals surface area contributed by atoms with Gasteiger partial charge in [-0.2, -0.15) is 4.31 Å². The van der Waals surface area contributed by atoms with E-state index in [2.05, 4.69) is 9.88 Å². The molecule has 8 heteroatoms. The Hall–Kier alpha value is -2.29. The summed E-state index contributed by atoms with van der Waals surface area (Å²) in [5.41, 5.74) is 2.84. The van der Waals surface area contributed by atoms with Crippen LogP contribution in [0.4, 0.5) is 0 Å². The lowest BCUT2D eigenvalue weighted by Crippen LogP contribution is -2.53. The van der Waals surface area contributed by atoms with Crippen molar-refractivity contribution in [2.24, 2.45) is 0 Å². The van der Waals surface area contributed by atoms with Crippen molar-refractivity contribution in [2.45, 2.75) is 37.8 Å². The fourth-order valence-corrected chi connectivity index (χ4v) is 6.04. The van der Waals surface area contributed by atoms with E-state index in [4.69, 9.17) is 0 Å². The van der Waals surface area contributed by atoms with Crippen LogP contribution in [0.1, 0.15) is 23.1 Å². The van der Waals surface area contributed by atoms with E-state index in [9.17, 15) is 13.2 Å². The first-order valence-corrected chi connectivity index (χ1v) is 11.8. The molecule has 2 fully saturated rings. The van der Waals surface area contributed by atoms with Crippen molar-refractivity contribution in [1.29, 1.82) is 0 Å². The highest BCUT2D eigenvalue weighted by Gasteiger charge is 2.39. The van der Waals surface area contributed by atoms with E-state index in [0.717, 1.165) is 29.7 Å². The van der Waals surface area contributed by atoms with Crippen molar-refractivity contribution in [3.63, 3.8) is 0 Å². The van der Waals surface area contributed by atoms with E-state index in [-0.39, 0.29) is 11.9 Å². The van der Waals surface area contributed by atoms with Gasteiger partial charge in [-0.05, 0) is 43.5 Å². The Morgan fingerprint density at radius 3 is 2.50 bits per heavy atom. The summed E-state index contributed by atoms with van der Waals surface area (Å²) in [7, 11) is -3.52. The minimum Gasteiger partial charge on any atom is -0.337 e. The number of hydrogen-bond donors (Lipinski definition) is 0. The maximum absolute atomic E-state index is 13.1. The molecule has 160 valence electrons. The number of sulfonamides is 1. The highest BCUT2D eigenvalue weighted by Crippen LogP contribution is 2.25. The Morgan fingerprint density at radius 2 is 1.83 bits per heavy atom. The molecule has 1 aromatic heterocycles. The maximum atomic E-state index is 13.1. The second-order valence-corrected chi connectivity index (χ2v) is 10.0. The Bertz CT molecular complexity index is 1020. The summed E-state index contributed by atoms with van der Waals surface area (Å²) in [5, 5.41) is 0. The minimum absolute atomic E-state index is 0.129. The lowest BCUT2D eigenvalue weighted by atomic mass is 10.2. The van der Waals surface area contributed by atoms with E-state index < -0.39 is 10.0 Å². The molecule has 1 aromatic carbocycles. The first-order chi connectivity index (χ1) is 14.4. The minimum atomic E-state index is -3.52. The number of rotatable bonds is 5. The zero-order valence-corrected chi connectivity index (χ0v) is 18.3. The lowest BCUT2D eigenvalue weighted by Gasteiger charge is -2.36. The van der Waals surface area contributed by atoms with Gasteiger partial charge in [0.2, 0.25) is 15.9 Å². The first-order valence-electron chi connectivity index (χ1n) is 10.4. The Morgan fingerprint density at radius 1 is 1.07 bits per heavy atom. The SMILES string of the molecule is Cc1ccc(S(=O)(=O)N2CCN(C3CCN(Cc4cccnc4)C3=O)CC2)c(C)c1. The van der Waals surface area contributed by atoms with Gasteiger partial charge in [-0.1, -0.05) is 23.8 Å². The third kappa shape index (κ3) is 4.12. The zero-order valence-electron chi connectivity index (χ0n) is 17.5. The quantitative estimate of drug-likeness (QED) is 0.726. The largest absolute Gasteiger partial charge is 0.337 e. The average molecular weight is 429 g/mol. The molecule has 0 N–H and O–H groups in total. The fraction of sp³-hybridized carbons (Fsp3) is 0.455. The molecule has 1 atom stereocenters. The highest BCUT2D eigenvalue weighted by atomic mass is 32.2. The van der Waals surface area contributed by atoms with Gasteiger partial charge in [-0.3, -0.25) is 14.7 Å². The van der Waals surface area contributed by atoms with Crippen molar-refractivity contribution >= 4 is 15.9 Å². The van der Waals surface area contributed by atoms with Crippen LogP contribution in [0.15, 0.2) is 47.6 Å². The zero-order chi connectivity index (χ0) is 21.3. The van der Waals surface area contributed by atoms with E-state index in [1.54, 1.807) is 22.8 Å². The van der Waals surface area contributed by atoms with Crippen LogP contribution in [0.25, 0.3) is 0 Å². The number of aromatic nitrogens is 1. The summed E-state index contributed by atoms with van der Waals surface area (Å²) in [6.07, 6.45) is 4.30. The predicted molar refractivity (Wildman–Crippen MR) is 114 cm³/mol. The van der Waals surface area contributed by atoms with Gasteiger partial charge < -0.3 is 4.90 Å². The molecule has 0 saturated carbocycles. The van der Waals surface area contributed by atoms with E-state index in [1.165, 1.54) is 0 Å². The number of carbonyl (C=O) groups is 1. The van der Waals surface area contributed by atoms with Gasteiger partial charge in [0.25, 0.3) is 0 Å². The number of nitrogens with zero attached hydrogens (tertiary/aromatic N) is 4. The van der Waals surface area contributed by atoms with Crippen molar-refractivity contribution < 1.29 is 13.2 Å². The third-order valence-corrected chi connectivity index (χ3v) is 8.09. The summed E-state index contributed by atoms with van der Waals surface area (Å²) >= 11 is 0. The van der Waals surface area contributed by atoms with Crippen LogP contribution >= 0.6 is 0 Å². The number of hydrogen-bond acceptors (Lipinski definition) is 5. The third-order valence-electron chi connectivity index (χ3n) is 6.03. The molecule has 3 heterocycles. The van der Waals surface area contributed by atoms with Crippen LogP contribution in [0.3, 0.4) is 0 Å². The molecule has 2 aliphatic rings. The Kier molecular flexibility index (Phi) is 5.90. The van der Waals surface area contributed by atoms with Crippen LogP contribution in [-0.2, 0) is 21.4 Å². The van der Waals surface area contributed by atoms with Crippen LogP contribution in [0.2, 0.25) is 0 Å². The van der Waals surface area contributed by atoms with Crippen LogP contribution < -0.4 is 0 Å². The molecule has 2 saturated heterocycles. The molecule has 30 heavy (non-hydrogen) atoms. The van der Waals surface area contributed by atoms with Crippen LogP contribution in [0.5, 0.6) is 0 Å². The number of amides is 1. The van der Waals surface area contributed by atoms with Gasteiger partial charge in [-0.15, -0.1) is 0 Å². The number of piperazine rings is 1. The number of aryl methyl sites for hydroxylation is 2. The van der Waals surface area contributed by atoms with Crippen molar-refractivity contribution in [1.82, 2.24) is 19.1 Å². The molecule has 0 bridgehead atoms. The summed E-state index contributed by atoms with van der Waals surface area (Å²) in [4.78, 5) is 21.4. The highest BCUT2D eigenvalue weighted by molar-refractivity contribution is 7.89. The Balaban J connectivity index is 1.38. The van der Waals surface area contributed by atoms with Crippen molar-refractivity contribution in [3.8, 4) is 0 Å². The predicted octanol–water partition coefficient (Wildman–Crippen LogP) is 1.81. The second-order valence-electron chi connectivity index (χ2n) is 8.13. The average Bonchev–Trinajstić information content (AvgIpc) is 3.09. The monoisotopic (exact) mass is 428 g/mol. The molecule has 7 nitrogen and oxygen atoms in total. The lowest BCUT2D eigenvalue weighted by molar-refractivity contribution is -0.133. The van der Waals surface area contributed by atoms with Gasteiger partial charge in [0.15, 0.2) is 0 Å². The van der Waals surface area contributed by atoms with E-state index >= 15 is 0 Å². The molecular weight excluding hydrogens is 400 g/mol. The molecule has 2 aromatic rings. The summed E-state index contributed by atoms with van der Waals surface area (Å²) < 4.78 is 27.7. The molecule has 2 aliphatic heterocycles. The molecular formula is C22H28N4O3S. The van der Waals surface area contributed by atoms with Crippen LogP contribution in [-0.4, -0.2) is 72.2 Å². The number of pyridine rings is 1. The molecule has 0 radical (unpaired) electrons. The first kappa shape index (κ1) is 21.0. The number of likely N-dealkylation sites (tertiary alicyclic amines) is 1. The van der Waals surface area contributed by atoms with E-state index in [1.807, 2.05) is 43.0 Å². The normalized spacial score (nSPS) is 21.3. The van der Waals surface area contributed by atoms with Gasteiger partial charge in [-0.25, -0.2) is 8.42 Å². The molecule has 1 amide bonds. The fourth-order valence-electron chi connectivity index (χ4n) is 4.41. The van der Waals surface area contributed by atoms with E-state index in [0.29, 0.717) is 37.6 Å². The van der Waals surface area contributed by atoms with Crippen molar-refractivity contribution in [2.75, 3.05) is 32.7 Å². The second kappa shape index (κ2) is 8.45. The summed E-state index contributed by atoms with van der Waals surface area (Å²) in [5.74, 6) is 0.129. The maximum Gasteiger partial charge on any atom is 0.243 e. The summed E-state index contributed by atoms with van der Waals surface area (Å²) in [6.45, 7) is 7.04. The number of carbonyl (C=O) groups excluding carboxylic acids is 1. The van der Waals surface area contributed by atoms with Gasteiger partial charge >= 0.3 is 0 Å². The Labute approximate surface area is 178 Å². The van der Waals surface area contributed by atoms with Crippen molar-refractivity contribution in [3.05, 3.63) is 59.4 Å². The number of benzene rings is 1. The van der Waals surface area contributed by atoms with Gasteiger partial charge in [0, 0.05) is 51.7 Å².